The Morgan fingerprint density at radius 2 is 1.08 bits per heavy atom. The van der Waals surface area contributed by atoms with Crippen LogP contribution in [0.5, 0.6) is 11.5 Å². The van der Waals surface area contributed by atoms with E-state index >= 15 is 0 Å². The molecule has 0 aliphatic carbocycles. The predicted molar refractivity (Wildman–Crippen MR) is 85.1 cm³/mol. The molecule has 0 unspecified atom stereocenters. The number of hydrogen-bond donors (Lipinski definition) is 4. The second kappa shape index (κ2) is 6.10. The molecule has 0 aliphatic heterocycles. The minimum Gasteiger partial charge on any atom is -0.507 e. The molecule has 0 saturated carbocycles. The summed E-state index contributed by atoms with van der Waals surface area (Å²) in [6.07, 6.45) is 0. The Balaban J connectivity index is 2.76. The highest BCUT2D eigenvalue weighted by Crippen LogP contribution is 2.32. The quantitative estimate of drug-likeness (QED) is 0.641. The van der Waals surface area contributed by atoms with Gasteiger partial charge in [0, 0.05) is 0 Å². The summed E-state index contributed by atoms with van der Waals surface area (Å²) in [5.74, 6) is -4.13. The van der Waals surface area contributed by atoms with Crippen LogP contribution in [0.3, 0.4) is 0 Å². The van der Waals surface area contributed by atoms with E-state index in [2.05, 4.69) is 0 Å². The van der Waals surface area contributed by atoms with Crippen molar-refractivity contribution in [3.8, 4) is 11.5 Å². The monoisotopic (exact) mass is 366 g/mol. The van der Waals surface area contributed by atoms with Gasteiger partial charge in [-0.3, -0.25) is 0 Å². The van der Waals surface area contributed by atoms with E-state index in [-0.39, 0.29) is 11.1 Å². The maximum atomic E-state index is 12.8. The zero-order valence-electron chi connectivity index (χ0n) is 13.1. The molecule has 0 bridgehead atoms. The normalized spacial score (nSPS) is 11.3. The largest absolute Gasteiger partial charge is 0.507 e. The van der Waals surface area contributed by atoms with Gasteiger partial charge in [0.25, 0.3) is 0 Å². The van der Waals surface area contributed by atoms with E-state index in [1.165, 1.54) is 13.8 Å². The summed E-state index contributed by atoms with van der Waals surface area (Å²) >= 11 is 0. The lowest BCUT2D eigenvalue weighted by Gasteiger charge is -2.11. The van der Waals surface area contributed by atoms with Crippen LogP contribution in [0.1, 0.15) is 31.8 Å². The first kappa shape index (κ1) is 18.3. The van der Waals surface area contributed by atoms with Gasteiger partial charge in [0.2, 0.25) is 9.84 Å². The summed E-state index contributed by atoms with van der Waals surface area (Å²) in [6, 6.07) is 3.75. The van der Waals surface area contributed by atoms with Crippen molar-refractivity contribution >= 4 is 21.8 Å². The van der Waals surface area contributed by atoms with Crippen molar-refractivity contribution in [2.75, 3.05) is 0 Å². The minimum atomic E-state index is -4.28. The molecule has 2 rings (SSSR count). The zero-order chi connectivity index (χ0) is 19.1. The molecule has 132 valence electrons. The standard InChI is InChI=1S/C16H14O8S/c1-7-3-9(5-11(13(7)17)15(19)20)25(23,24)10-4-8(2)14(18)12(6-10)16(21)22/h3-6,17-18H,1-2H3,(H,19,20)(H,21,22). The highest BCUT2D eigenvalue weighted by molar-refractivity contribution is 7.91. The third-order valence-electron chi connectivity index (χ3n) is 3.63. The molecule has 25 heavy (non-hydrogen) atoms. The highest BCUT2D eigenvalue weighted by Gasteiger charge is 2.25. The van der Waals surface area contributed by atoms with Crippen LogP contribution in [0, 0.1) is 13.8 Å². The van der Waals surface area contributed by atoms with E-state index in [1.54, 1.807) is 0 Å². The van der Waals surface area contributed by atoms with E-state index in [0.717, 1.165) is 24.3 Å². The van der Waals surface area contributed by atoms with Gasteiger partial charge in [-0.05, 0) is 49.2 Å². The topological polar surface area (TPSA) is 149 Å². The smallest absolute Gasteiger partial charge is 0.339 e. The molecule has 4 N–H and O–H groups in total. The molecule has 0 saturated heterocycles. The molecule has 8 nitrogen and oxygen atoms in total. The number of carbonyl (C=O) groups is 2. The number of phenols is 2. The van der Waals surface area contributed by atoms with Gasteiger partial charge >= 0.3 is 11.9 Å². The Labute approximate surface area is 142 Å². The van der Waals surface area contributed by atoms with Crippen LogP contribution in [0.15, 0.2) is 34.1 Å². The molecular weight excluding hydrogens is 352 g/mol. The molecule has 0 aromatic heterocycles. The van der Waals surface area contributed by atoms with Crippen molar-refractivity contribution in [3.63, 3.8) is 0 Å². The minimum absolute atomic E-state index is 0.0347. The number of benzene rings is 2. The van der Waals surface area contributed by atoms with Crippen molar-refractivity contribution in [1.82, 2.24) is 0 Å². The Kier molecular flexibility index (Phi) is 4.46. The summed E-state index contributed by atoms with van der Waals surface area (Å²) in [4.78, 5) is 21.5. The van der Waals surface area contributed by atoms with Crippen LogP contribution in [-0.2, 0) is 9.84 Å². The van der Waals surface area contributed by atoms with E-state index in [9.17, 15) is 28.2 Å². The summed E-state index contributed by atoms with van der Waals surface area (Å²) in [6.45, 7) is 2.68. The van der Waals surface area contributed by atoms with Crippen molar-refractivity contribution in [3.05, 3.63) is 46.5 Å². The van der Waals surface area contributed by atoms with Gasteiger partial charge in [-0.15, -0.1) is 0 Å². The summed E-state index contributed by atoms with van der Waals surface area (Å²) in [7, 11) is -4.28. The molecule has 2 aromatic rings. The van der Waals surface area contributed by atoms with E-state index in [1.807, 2.05) is 0 Å². The van der Waals surface area contributed by atoms with E-state index < -0.39 is 54.2 Å². The maximum absolute atomic E-state index is 12.8. The van der Waals surface area contributed by atoms with Gasteiger partial charge in [0.05, 0.1) is 9.79 Å². The van der Waals surface area contributed by atoms with Crippen molar-refractivity contribution in [1.29, 1.82) is 0 Å². The van der Waals surface area contributed by atoms with Gasteiger partial charge < -0.3 is 20.4 Å². The molecule has 0 heterocycles. The zero-order valence-corrected chi connectivity index (χ0v) is 14.0. The first-order valence-electron chi connectivity index (χ1n) is 6.85. The second-order valence-electron chi connectivity index (χ2n) is 5.39. The fourth-order valence-electron chi connectivity index (χ4n) is 2.27. The van der Waals surface area contributed by atoms with Crippen LogP contribution in [-0.4, -0.2) is 40.8 Å². The lowest BCUT2D eigenvalue weighted by molar-refractivity contribution is 0.0682. The maximum Gasteiger partial charge on any atom is 0.339 e. The molecule has 0 radical (unpaired) electrons. The molecule has 0 spiro atoms. The number of hydrogen-bond acceptors (Lipinski definition) is 6. The number of sulfone groups is 1. The fourth-order valence-corrected chi connectivity index (χ4v) is 3.75. The Hall–Kier alpha value is -3.07. The summed E-state index contributed by atoms with van der Waals surface area (Å²) in [5, 5.41) is 37.6. The molecular formula is C16H14O8S. The fraction of sp³-hybridized carbons (Fsp3) is 0.125. The van der Waals surface area contributed by atoms with Crippen LogP contribution in [0.2, 0.25) is 0 Å². The number of aromatic carboxylic acids is 2. The first-order chi connectivity index (χ1) is 11.5. The van der Waals surface area contributed by atoms with Gasteiger partial charge in [-0.25, -0.2) is 18.0 Å². The Morgan fingerprint density at radius 3 is 1.36 bits per heavy atom. The average Bonchev–Trinajstić information content (AvgIpc) is 2.51. The van der Waals surface area contributed by atoms with Crippen LogP contribution in [0.4, 0.5) is 0 Å². The van der Waals surface area contributed by atoms with Crippen LogP contribution in [0.25, 0.3) is 0 Å². The number of aromatic hydroxyl groups is 2. The SMILES string of the molecule is Cc1cc(S(=O)(=O)c2cc(C)c(O)c(C(=O)O)c2)cc(C(=O)O)c1O. The number of rotatable bonds is 4. The van der Waals surface area contributed by atoms with Gasteiger partial charge in [-0.1, -0.05) is 0 Å². The molecule has 0 atom stereocenters. The van der Waals surface area contributed by atoms with Gasteiger partial charge in [0.1, 0.15) is 22.6 Å². The summed E-state index contributed by atoms with van der Waals surface area (Å²) < 4.78 is 25.5. The van der Waals surface area contributed by atoms with E-state index in [4.69, 9.17) is 10.2 Å². The van der Waals surface area contributed by atoms with E-state index in [0.29, 0.717) is 0 Å². The third kappa shape index (κ3) is 3.13. The lowest BCUT2D eigenvalue weighted by atomic mass is 10.1. The van der Waals surface area contributed by atoms with Crippen molar-refractivity contribution < 1.29 is 38.4 Å². The number of aryl methyl sites for hydroxylation is 2. The Bertz CT molecular complexity index is 930. The highest BCUT2D eigenvalue weighted by atomic mass is 32.2. The Morgan fingerprint density at radius 1 is 0.760 bits per heavy atom. The average molecular weight is 366 g/mol. The molecule has 0 aliphatic rings. The van der Waals surface area contributed by atoms with Gasteiger partial charge in [0.15, 0.2) is 0 Å². The number of carboxylic acids is 2. The van der Waals surface area contributed by atoms with Crippen molar-refractivity contribution in [2.24, 2.45) is 0 Å². The third-order valence-corrected chi connectivity index (χ3v) is 5.34. The van der Waals surface area contributed by atoms with Crippen LogP contribution >= 0.6 is 0 Å². The van der Waals surface area contributed by atoms with Crippen LogP contribution < -0.4 is 0 Å². The molecule has 0 fully saturated rings. The first-order valence-corrected chi connectivity index (χ1v) is 8.34. The van der Waals surface area contributed by atoms with Gasteiger partial charge in [-0.2, -0.15) is 0 Å². The number of carboxylic acid groups (broad SMARTS) is 2. The molecule has 9 heteroatoms. The molecule has 2 aromatic carbocycles. The molecule has 0 amide bonds. The predicted octanol–water partition coefficient (Wildman–Crippen LogP) is 1.94. The lowest BCUT2D eigenvalue weighted by Crippen LogP contribution is -2.08. The second-order valence-corrected chi connectivity index (χ2v) is 7.34. The summed E-state index contributed by atoms with van der Waals surface area (Å²) in [5.41, 5.74) is -1.11. The van der Waals surface area contributed by atoms with Crippen molar-refractivity contribution in [2.45, 2.75) is 23.6 Å².